The molecule has 5 rings (SSSR count). The molecular formula is C40H49NO4. The number of amides is 1. The van der Waals surface area contributed by atoms with Gasteiger partial charge in [0, 0.05) is 5.92 Å². The maximum Gasteiger partial charge on any atom is 0.407 e. The third kappa shape index (κ3) is 8.27. The lowest BCUT2D eigenvalue weighted by molar-refractivity contribution is 0.140. The number of aryl methyl sites for hydroxylation is 1. The third-order valence-electron chi connectivity index (χ3n) is 8.49. The fourth-order valence-corrected chi connectivity index (χ4v) is 6.30. The molecule has 0 aliphatic heterocycles. The number of carbonyl (C=O) groups excluding carboxylic acids is 1. The fraction of sp³-hybridized carbons (Fsp3) is 0.375. The molecular weight excluding hydrogens is 558 g/mol. The van der Waals surface area contributed by atoms with Crippen LogP contribution >= 0.6 is 0 Å². The standard InChI is InChI=1S/C38H43NO4.C2H6/c1-5-11-27(12-6-2)24-42-29-19-17-28(18-20-29)37(31-22-21-30(41-4)23-26(31)3)39-38(40)43-25-36-34-15-9-7-13-32(34)33-14-8-10-16-35(33)36;1-2/h7-10,13-23,27,36-37H,5-6,11-12,24-25H2,1-4H3,(H,39,40);1-2H3. The quantitative estimate of drug-likeness (QED) is 0.164. The summed E-state index contributed by atoms with van der Waals surface area (Å²) in [4.78, 5) is 13.4. The van der Waals surface area contributed by atoms with Gasteiger partial charge in [0.1, 0.15) is 18.1 Å². The fourth-order valence-electron chi connectivity index (χ4n) is 6.30. The predicted octanol–water partition coefficient (Wildman–Crippen LogP) is 10.3. The average molecular weight is 608 g/mol. The van der Waals surface area contributed by atoms with Gasteiger partial charge in [0.05, 0.1) is 19.8 Å². The van der Waals surface area contributed by atoms with Crippen molar-refractivity contribution in [2.24, 2.45) is 5.92 Å². The number of carbonyl (C=O) groups is 1. The topological polar surface area (TPSA) is 56.8 Å². The molecule has 5 heteroatoms. The first kappa shape index (κ1) is 33.6. The summed E-state index contributed by atoms with van der Waals surface area (Å²) in [7, 11) is 1.66. The van der Waals surface area contributed by atoms with E-state index in [-0.39, 0.29) is 12.5 Å². The molecule has 238 valence electrons. The number of ether oxygens (including phenoxy) is 3. The van der Waals surface area contributed by atoms with Crippen LogP contribution in [0.2, 0.25) is 0 Å². The molecule has 1 aliphatic carbocycles. The van der Waals surface area contributed by atoms with Crippen molar-refractivity contribution in [1.29, 1.82) is 0 Å². The normalized spacial score (nSPS) is 12.4. The van der Waals surface area contributed by atoms with Gasteiger partial charge in [-0.05, 0) is 88.9 Å². The van der Waals surface area contributed by atoms with Gasteiger partial charge in [0.15, 0.2) is 0 Å². The molecule has 0 aromatic heterocycles. The Labute approximate surface area is 269 Å². The van der Waals surface area contributed by atoms with Crippen molar-refractivity contribution in [3.8, 4) is 22.6 Å². The number of alkyl carbamates (subject to hydrolysis) is 1. The summed E-state index contributed by atoms with van der Waals surface area (Å²) in [6.07, 6.45) is 4.22. The number of nitrogens with one attached hydrogen (secondary N) is 1. The second-order valence-electron chi connectivity index (χ2n) is 11.4. The van der Waals surface area contributed by atoms with E-state index in [9.17, 15) is 4.79 Å². The van der Waals surface area contributed by atoms with E-state index in [0.717, 1.165) is 47.6 Å². The number of methoxy groups -OCH3 is 1. The monoisotopic (exact) mass is 607 g/mol. The van der Waals surface area contributed by atoms with Gasteiger partial charge in [0.2, 0.25) is 0 Å². The van der Waals surface area contributed by atoms with E-state index in [1.165, 1.54) is 35.1 Å². The summed E-state index contributed by atoms with van der Waals surface area (Å²) in [6.45, 7) is 11.5. The molecule has 1 atom stereocenters. The largest absolute Gasteiger partial charge is 0.497 e. The Kier molecular flexibility index (Phi) is 12.5. The van der Waals surface area contributed by atoms with Crippen LogP contribution in [0.4, 0.5) is 4.79 Å². The molecule has 0 fully saturated rings. The van der Waals surface area contributed by atoms with Crippen molar-refractivity contribution in [3.63, 3.8) is 0 Å². The van der Waals surface area contributed by atoms with Crippen molar-refractivity contribution < 1.29 is 19.0 Å². The van der Waals surface area contributed by atoms with E-state index in [0.29, 0.717) is 5.92 Å². The molecule has 0 radical (unpaired) electrons. The van der Waals surface area contributed by atoms with Crippen LogP contribution in [-0.2, 0) is 4.74 Å². The van der Waals surface area contributed by atoms with Gasteiger partial charge in [-0.2, -0.15) is 0 Å². The van der Waals surface area contributed by atoms with Crippen LogP contribution in [0.15, 0.2) is 91.0 Å². The van der Waals surface area contributed by atoms with Crippen LogP contribution in [0.1, 0.15) is 93.2 Å². The highest BCUT2D eigenvalue weighted by molar-refractivity contribution is 5.79. The van der Waals surface area contributed by atoms with Gasteiger partial charge in [-0.15, -0.1) is 0 Å². The Morgan fingerprint density at radius 2 is 1.38 bits per heavy atom. The number of benzene rings is 4. The summed E-state index contributed by atoms with van der Waals surface area (Å²) in [6, 6.07) is 30.3. The molecule has 45 heavy (non-hydrogen) atoms. The van der Waals surface area contributed by atoms with Crippen molar-refractivity contribution in [2.45, 2.75) is 72.3 Å². The molecule has 1 aliphatic rings. The van der Waals surface area contributed by atoms with Gasteiger partial charge in [-0.3, -0.25) is 0 Å². The van der Waals surface area contributed by atoms with E-state index in [2.05, 4.69) is 55.6 Å². The summed E-state index contributed by atoms with van der Waals surface area (Å²) in [5.41, 5.74) is 7.74. The zero-order chi connectivity index (χ0) is 32.2. The Balaban J connectivity index is 0.00000226. The molecule has 5 nitrogen and oxygen atoms in total. The molecule has 1 unspecified atom stereocenters. The summed E-state index contributed by atoms with van der Waals surface area (Å²) in [5, 5.41) is 3.16. The second-order valence-corrected chi connectivity index (χ2v) is 11.4. The average Bonchev–Trinajstić information content (AvgIpc) is 3.40. The minimum Gasteiger partial charge on any atom is -0.497 e. The summed E-state index contributed by atoms with van der Waals surface area (Å²) >= 11 is 0. The lowest BCUT2D eigenvalue weighted by Crippen LogP contribution is -2.31. The van der Waals surface area contributed by atoms with E-state index >= 15 is 0 Å². The van der Waals surface area contributed by atoms with Crippen LogP contribution in [0.3, 0.4) is 0 Å². The smallest absolute Gasteiger partial charge is 0.407 e. The molecule has 0 heterocycles. The number of hydrogen-bond acceptors (Lipinski definition) is 4. The third-order valence-corrected chi connectivity index (χ3v) is 8.49. The number of fused-ring (bicyclic) bond motifs is 3. The lowest BCUT2D eigenvalue weighted by Gasteiger charge is -2.23. The lowest BCUT2D eigenvalue weighted by atomic mass is 9.94. The Bertz CT molecular complexity index is 1460. The number of hydrogen-bond donors (Lipinski definition) is 1. The maximum atomic E-state index is 13.4. The Morgan fingerprint density at radius 3 is 1.93 bits per heavy atom. The summed E-state index contributed by atoms with van der Waals surface area (Å²) in [5.74, 6) is 2.19. The van der Waals surface area contributed by atoms with E-state index in [4.69, 9.17) is 14.2 Å². The molecule has 1 N–H and O–H groups in total. The highest BCUT2D eigenvalue weighted by atomic mass is 16.5. The van der Waals surface area contributed by atoms with E-state index in [1.54, 1.807) is 7.11 Å². The van der Waals surface area contributed by atoms with Gasteiger partial charge in [0.25, 0.3) is 0 Å². The molecule has 0 spiro atoms. The summed E-state index contributed by atoms with van der Waals surface area (Å²) < 4.78 is 17.5. The SMILES string of the molecule is CC.CCCC(CCC)COc1ccc(C(NC(=O)OCC2c3ccccc3-c3ccccc32)c2ccc(OC)cc2C)cc1. The van der Waals surface area contributed by atoms with Crippen LogP contribution in [0.5, 0.6) is 11.5 Å². The zero-order valence-electron chi connectivity index (χ0n) is 27.8. The molecule has 4 aromatic carbocycles. The van der Waals surface area contributed by atoms with Crippen LogP contribution in [-0.4, -0.2) is 26.4 Å². The van der Waals surface area contributed by atoms with Crippen molar-refractivity contribution in [3.05, 3.63) is 119 Å². The van der Waals surface area contributed by atoms with Crippen molar-refractivity contribution >= 4 is 6.09 Å². The molecule has 0 saturated heterocycles. The minimum atomic E-state index is -0.454. The number of rotatable bonds is 13. The maximum absolute atomic E-state index is 13.4. The Hall–Kier alpha value is -4.25. The minimum absolute atomic E-state index is 0.00000254. The highest BCUT2D eigenvalue weighted by Crippen LogP contribution is 2.44. The first-order valence-corrected chi connectivity index (χ1v) is 16.5. The molecule has 0 saturated carbocycles. The van der Waals surface area contributed by atoms with E-state index < -0.39 is 12.1 Å². The predicted molar refractivity (Wildman–Crippen MR) is 184 cm³/mol. The van der Waals surface area contributed by atoms with Gasteiger partial charge in [-0.25, -0.2) is 4.79 Å². The van der Waals surface area contributed by atoms with Crippen LogP contribution < -0.4 is 14.8 Å². The second kappa shape index (κ2) is 16.7. The van der Waals surface area contributed by atoms with Crippen molar-refractivity contribution in [1.82, 2.24) is 5.32 Å². The molecule has 1 amide bonds. The van der Waals surface area contributed by atoms with Crippen LogP contribution in [0.25, 0.3) is 11.1 Å². The highest BCUT2D eigenvalue weighted by Gasteiger charge is 2.29. The first-order valence-electron chi connectivity index (χ1n) is 16.5. The first-order chi connectivity index (χ1) is 22.0. The van der Waals surface area contributed by atoms with Crippen molar-refractivity contribution in [2.75, 3.05) is 20.3 Å². The van der Waals surface area contributed by atoms with Gasteiger partial charge in [-0.1, -0.05) is 107 Å². The van der Waals surface area contributed by atoms with E-state index in [1.807, 2.05) is 75.4 Å². The van der Waals surface area contributed by atoms with Crippen LogP contribution in [0, 0.1) is 12.8 Å². The molecule has 0 bridgehead atoms. The van der Waals surface area contributed by atoms with Gasteiger partial charge >= 0.3 is 6.09 Å². The van der Waals surface area contributed by atoms with Gasteiger partial charge < -0.3 is 19.5 Å². The zero-order valence-corrected chi connectivity index (χ0v) is 27.8. The molecule has 4 aromatic rings. The Morgan fingerprint density at radius 1 is 0.800 bits per heavy atom.